The lowest BCUT2D eigenvalue weighted by molar-refractivity contribution is 0.591. The zero-order chi connectivity index (χ0) is 23.3. The number of hydrogen-bond donors (Lipinski definition) is 0. The Bertz CT molecular complexity index is 1100. The smallest absolute Gasteiger partial charge is 0.00103 e. The summed E-state index contributed by atoms with van der Waals surface area (Å²) < 4.78 is 0. The average Bonchev–Trinajstić information content (AvgIpc) is 3.22. The van der Waals surface area contributed by atoms with E-state index in [1.54, 1.807) is 0 Å². The first kappa shape index (κ1) is 23.2. The van der Waals surface area contributed by atoms with E-state index in [2.05, 4.69) is 141 Å². The van der Waals surface area contributed by atoms with Crippen LogP contribution in [0, 0.1) is 11.8 Å². The maximum absolute atomic E-state index is 4.35. The second kappa shape index (κ2) is 10.8. The number of benzene rings is 4. The lowest BCUT2D eigenvalue weighted by Crippen LogP contribution is -2.36. The van der Waals surface area contributed by atoms with Crippen LogP contribution in [0.25, 0.3) is 0 Å². The first-order valence-electron chi connectivity index (χ1n) is 12.2. The van der Waals surface area contributed by atoms with E-state index in [-0.39, 0.29) is 0 Å². The van der Waals surface area contributed by atoms with Gasteiger partial charge in [-0.3, -0.25) is 0 Å². The Morgan fingerprint density at radius 3 is 1.21 bits per heavy atom. The number of rotatable bonds is 7. The Morgan fingerprint density at radius 2 is 0.882 bits per heavy atom. The summed E-state index contributed by atoms with van der Waals surface area (Å²) >= 11 is 0. The molecule has 0 aromatic heterocycles. The molecule has 1 aliphatic carbocycles. The van der Waals surface area contributed by atoms with E-state index in [4.69, 9.17) is 0 Å². The van der Waals surface area contributed by atoms with Gasteiger partial charge in [0.1, 0.15) is 0 Å². The maximum Gasteiger partial charge on any atom is 0.00103 e. The zero-order valence-corrected chi connectivity index (χ0v) is 21.5. The van der Waals surface area contributed by atoms with E-state index in [1.165, 1.54) is 27.6 Å². The minimum atomic E-state index is -0.531. The summed E-state index contributed by atoms with van der Waals surface area (Å²) in [5.41, 5.74) is 1.15. The summed E-state index contributed by atoms with van der Waals surface area (Å²) in [6, 6.07) is 45.1. The van der Waals surface area contributed by atoms with Crippen molar-refractivity contribution in [2.24, 2.45) is 11.8 Å². The van der Waals surface area contributed by atoms with Gasteiger partial charge in [-0.2, -0.15) is 0 Å². The van der Waals surface area contributed by atoms with Crippen LogP contribution in [0.3, 0.4) is 0 Å². The van der Waals surface area contributed by atoms with E-state index in [9.17, 15) is 0 Å². The molecule has 0 bridgehead atoms. The highest BCUT2D eigenvalue weighted by atomic mass is 31.1. The van der Waals surface area contributed by atoms with Gasteiger partial charge in [0.2, 0.25) is 0 Å². The van der Waals surface area contributed by atoms with Gasteiger partial charge in [-0.25, -0.2) is 0 Å². The van der Waals surface area contributed by atoms with Gasteiger partial charge in [0.15, 0.2) is 0 Å². The number of allylic oxidation sites excluding steroid dienone is 1. The molecule has 0 radical (unpaired) electrons. The first-order chi connectivity index (χ1) is 16.8. The van der Waals surface area contributed by atoms with Gasteiger partial charge in [-0.1, -0.05) is 134 Å². The van der Waals surface area contributed by atoms with Crippen LogP contribution >= 0.6 is 15.8 Å². The largest absolute Gasteiger partial charge is 0.103 e. The molecule has 4 aromatic rings. The lowest BCUT2D eigenvalue weighted by atomic mass is 10.1. The van der Waals surface area contributed by atoms with Gasteiger partial charge in [0, 0.05) is 5.66 Å². The van der Waals surface area contributed by atoms with Crippen molar-refractivity contribution in [1.82, 2.24) is 0 Å². The first-order valence-corrected chi connectivity index (χ1v) is 15.0. The fraction of sp³-hybridized carbons (Fsp3) is 0.188. The summed E-state index contributed by atoms with van der Waals surface area (Å²) in [5.74, 6) is 1.15. The molecule has 1 unspecified atom stereocenters. The van der Waals surface area contributed by atoms with Gasteiger partial charge in [-0.15, -0.1) is 6.58 Å². The fourth-order valence-corrected chi connectivity index (χ4v) is 12.8. The van der Waals surface area contributed by atoms with Crippen LogP contribution in [0.1, 0.15) is 13.3 Å². The Morgan fingerprint density at radius 1 is 0.559 bits per heavy atom. The highest BCUT2D eigenvalue weighted by molar-refractivity contribution is 7.77. The Balaban J connectivity index is 1.70. The topological polar surface area (TPSA) is 0 Å². The Labute approximate surface area is 207 Å². The van der Waals surface area contributed by atoms with Crippen molar-refractivity contribution in [1.29, 1.82) is 0 Å². The second-order valence-corrected chi connectivity index (χ2v) is 13.9. The van der Waals surface area contributed by atoms with Crippen molar-refractivity contribution in [2.45, 2.75) is 24.7 Å². The van der Waals surface area contributed by atoms with E-state index >= 15 is 0 Å². The van der Waals surface area contributed by atoms with E-state index in [0.29, 0.717) is 23.2 Å². The molecule has 170 valence electrons. The molecule has 1 fully saturated rings. The normalized spacial score (nSPS) is 22.2. The van der Waals surface area contributed by atoms with Crippen molar-refractivity contribution in [3.05, 3.63) is 134 Å². The van der Waals surface area contributed by atoms with Gasteiger partial charge < -0.3 is 0 Å². The molecule has 0 N–H and O–H groups in total. The van der Waals surface area contributed by atoms with Crippen LogP contribution in [-0.4, -0.2) is 11.3 Å². The molecule has 0 amide bonds. The van der Waals surface area contributed by atoms with E-state index < -0.39 is 15.8 Å². The van der Waals surface area contributed by atoms with Gasteiger partial charge in [-0.05, 0) is 61.0 Å². The third kappa shape index (κ3) is 4.68. The molecule has 4 aromatic carbocycles. The molecule has 5 rings (SSSR count). The van der Waals surface area contributed by atoms with Crippen LogP contribution in [-0.2, 0) is 0 Å². The molecular formula is C32H32P2. The Kier molecular flexibility index (Phi) is 7.39. The molecule has 1 saturated carbocycles. The van der Waals surface area contributed by atoms with Crippen LogP contribution in [0.4, 0.5) is 0 Å². The quantitative estimate of drug-likeness (QED) is 0.202. The highest BCUT2D eigenvalue weighted by Crippen LogP contribution is 2.61. The third-order valence-corrected chi connectivity index (χ3v) is 13.4. The summed E-state index contributed by atoms with van der Waals surface area (Å²) in [5, 5.41) is 5.95. The molecule has 2 heteroatoms. The van der Waals surface area contributed by atoms with Crippen molar-refractivity contribution in [3.63, 3.8) is 0 Å². The molecule has 4 atom stereocenters. The molecule has 34 heavy (non-hydrogen) atoms. The molecule has 0 aliphatic heterocycles. The monoisotopic (exact) mass is 478 g/mol. The van der Waals surface area contributed by atoms with Gasteiger partial charge >= 0.3 is 0 Å². The Hall–Kier alpha value is -2.52. The van der Waals surface area contributed by atoms with Crippen LogP contribution in [0.5, 0.6) is 0 Å². The second-order valence-electron chi connectivity index (χ2n) is 9.18. The molecule has 0 spiro atoms. The predicted molar refractivity (Wildman–Crippen MR) is 153 cm³/mol. The highest BCUT2D eigenvalue weighted by Gasteiger charge is 2.48. The molecule has 0 heterocycles. The minimum absolute atomic E-state index is 0.508. The molecule has 0 saturated heterocycles. The molecule has 0 nitrogen and oxygen atoms in total. The molecular weight excluding hydrogens is 446 g/mol. The third-order valence-electron chi connectivity index (χ3n) is 7.05. The van der Waals surface area contributed by atoms with Crippen molar-refractivity contribution >= 4 is 37.1 Å². The van der Waals surface area contributed by atoms with Crippen LogP contribution in [0.15, 0.2) is 134 Å². The molecule has 1 aliphatic rings. The van der Waals surface area contributed by atoms with Crippen molar-refractivity contribution < 1.29 is 0 Å². The van der Waals surface area contributed by atoms with Crippen molar-refractivity contribution in [2.75, 3.05) is 0 Å². The fourth-order valence-electron chi connectivity index (χ4n) is 5.63. The van der Waals surface area contributed by atoms with Gasteiger partial charge in [0.25, 0.3) is 0 Å². The van der Waals surface area contributed by atoms with Crippen LogP contribution in [0.2, 0.25) is 0 Å². The summed E-state index contributed by atoms with van der Waals surface area (Å²) in [6.07, 6.45) is 3.49. The maximum atomic E-state index is 4.35. The van der Waals surface area contributed by atoms with Crippen LogP contribution < -0.4 is 21.2 Å². The van der Waals surface area contributed by atoms with Crippen molar-refractivity contribution in [3.8, 4) is 0 Å². The van der Waals surface area contributed by atoms with E-state index in [0.717, 1.165) is 0 Å². The van der Waals surface area contributed by atoms with Gasteiger partial charge in [0.05, 0.1) is 0 Å². The number of hydrogen-bond acceptors (Lipinski definition) is 0. The summed E-state index contributed by atoms with van der Waals surface area (Å²) in [7, 11) is -1.04. The zero-order valence-electron chi connectivity index (χ0n) is 19.7. The standard InChI is InChI=1S/C32H32P2/c1-3-26-24-25(2)31(33(27-16-8-4-9-17-27)28-18-10-5-11-19-28)32(26)34(29-20-12-6-13-21-29)30-22-14-7-15-23-30/h3-23,25-26,31-32H,1,24H2,2H3/t25-,26?,31+,32+/m1/s1. The summed E-state index contributed by atoms with van der Waals surface area (Å²) in [4.78, 5) is 0. The predicted octanol–water partition coefficient (Wildman–Crippen LogP) is 6.83. The van der Waals surface area contributed by atoms with E-state index in [1.807, 2.05) is 0 Å². The lowest BCUT2D eigenvalue weighted by Gasteiger charge is -2.39. The SMILES string of the molecule is C=CC1C[C@@H](C)[C@H](P(c2ccccc2)c2ccccc2)[C@H]1P(c1ccccc1)c1ccccc1. The minimum Gasteiger partial charge on any atom is -0.103 e. The average molecular weight is 479 g/mol. The summed E-state index contributed by atoms with van der Waals surface area (Å²) in [6.45, 7) is 6.85.